The minimum absolute atomic E-state index is 0.102. The van der Waals surface area contributed by atoms with Gasteiger partial charge in [0.1, 0.15) is 0 Å². The molecular formula is C16H26FNO. The molecule has 0 radical (unpaired) electrons. The van der Waals surface area contributed by atoms with Gasteiger partial charge in [0.05, 0.1) is 6.61 Å². The average molecular weight is 267 g/mol. The Morgan fingerprint density at radius 2 is 2.00 bits per heavy atom. The molecule has 1 unspecified atom stereocenters. The molecule has 1 atom stereocenters. The number of halogens is 1. The van der Waals surface area contributed by atoms with Crippen LogP contribution in [0.2, 0.25) is 0 Å². The van der Waals surface area contributed by atoms with E-state index in [0.717, 1.165) is 24.9 Å². The third-order valence-electron chi connectivity index (χ3n) is 3.11. The summed E-state index contributed by atoms with van der Waals surface area (Å²) in [4.78, 5) is 0. The quantitative estimate of drug-likeness (QED) is 0.757. The normalized spacial score (nSPS) is 12.7. The van der Waals surface area contributed by atoms with Crippen LogP contribution in [0.15, 0.2) is 18.2 Å². The Morgan fingerprint density at radius 3 is 2.63 bits per heavy atom. The molecule has 0 heterocycles. The molecule has 0 fully saturated rings. The number of ether oxygens (including phenoxy) is 1. The first-order valence-electron chi connectivity index (χ1n) is 7.20. The van der Waals surface area contributed by atoms with Gasteiger partial charge in [-0.15, -0.1) is 0 Å². The van der Waals surface area contributed by atoms with Crippen LogP contribution >= 0.6 is 0 Å². The molecule has 2 nitrogen and oxygen atoms in total. The van der Waals surface area contributed by atoms with Crippen molar-refractivity contribution in [3.63, 3.8) is 0 Å². The monoisotopic (exact) mass is 267 g/mol. The molecule has 3 heteroatoms. The SMILES string of the molecule is CCCNC(C)c1cccc(F)c1OCCC(C)C. The number of hydrogen-bond acceptors (Lipinski definition) is 2. The molecule has 1 N–H and O–H groups in total. The van der Waals surface area contributed by atoms with Gasteiger partial charge in [0, 0.05) is 11.6 Å². The summed E-state index contributed by atoms with van der Waals surface area (Å²) in [5.74, 6) is 0.691. The fraction of sp³-hybridized carbons (Fsp3) is 0.625. The Bertz CT molecular complexity index is 379. The van der Waals surface area contributed by atoms with E-state index in [2.05, 4.69) is 26.1 Å². The van der Waals surface area contributed by atoms with Crippen LogP contribution in [0.3, 0.4) is 0 Å². The Labute approximate surface area is 116 Å². The number of benzene rings is 1. The van der Waals surface area contributed by atoms with Crippen molar-refractivity contribution < 1.29 is 9.13 Å². The Kier molecular flexibility index (Phi) is 6.85. The zero-order valence-electron chi connectivity index (χ0n) is 12.5. The predicted octanol–water partition coefficient (Wildman–Crippen LogP) is 4.31. The van der Waals surface area contributed by atoms with Gasteiger partial charge in [0.25, 0.3) is 0 Å². The minimum atomic E-state index is -0.272. The average Bonchev–Trinajstić information content (AvgIpc) is 2.37. The second kappa shape index (κ2) is 8.16. The second-order valence-electron chi connectivity index (χ2n) is 5.36. The number of hydrogen-bond donors (Lipinski definition) is 1. The number of rotatable bonds is 8. The largest absolute Gasteiger partial charge is 0.490 e. The fourth-order valence-electron chi connectivity index (χ4n) is 1.89. The van der Waals surface area contributed by atoms with Gasteiger partial charge in [-0.3, -0.25) is 0 Å². The number of nitrogens with one attached hydrogen (secondary N) is 1. The standard InChI is InChI=1S/C16H26FNO/c1-5-10-18-13(4)14-7-6-8-15(17)16(14)19-11-9-12(2)3/h6-8,12-13,18H,5,9-11H2,1-4H3. The van der Waals surface area contributed by atoms with Crippen LogP contribution in [0.25, 0.3) is 0 Å². The van der Waals surface area contributed by atoms with Gasteiger partial charge in [0.2, 0.25) is 0 Å². The van der Waals surface area contributed by atoms with Gasteiger partial charge in [0.15, 0.2) is 11.6 Å². The molecule has 0 saturated carbocycles. The van der Waals surface area contributed by atoms with E-state index in [4.69, 9.17) is 4.74 Å². The van der Waals surface area contributed by atoms with Crippen LogP contribution < -0.4 is 10.1 Å². The van der Waals surface area contributed by atoms with Crippen LogP contribution in [0, 0.1) is 11.7 Å². The van der Waals surface area contributed by atoms with Crippen molar-refractivity contribution >= 4 is 0 Å². The highest BCUT2D eigenvalue weighted by Gasteiger charge is 2.15. The van der Waals surface area contributed by atoms with Crippen molar-refractivity contribution in [3.8, 4) is 5.75 Å². The van der Waals surface area contributed by atoms with Crippen LogP contribution in [0.4, 0.5) is 4.39 Å². The third kappa shape index (κ3) is 5.19. The maximum atomic E-state index is 13.9. The molecule has 0 aliphatic carbocycles. The van der Waals surface area contributed by atoms with Crippen LogP contribution in [-0.2, 0) is 0 Å². The number of para-hydroxylation sites is 1. The van der Waals surface area contributed by atoms with Gasteiger partial charge in [-0.05, 0) is 38.3 Å². The van der Waals surface area contributed by atoms with E-state index in [1.54, 1.807) is 6.07 Å². The molecule has 0 saturated heterocycles. The Morgan fingerprint density at radius 1 is 1.26 bits per heavy atom. The van der Waals surface area contributed by atoms with Crippen molar-refractivity contribution in [1.29, 1.82) is 0 Å². The van der Waals surface area contributed by atoms with E-state index in [0.29, 0.717) is 18.3 Å². The molecule has 0 amide bonds. The Balaban J connectivity index is 2.76. The Hall–Kier alpha value is -1.09. The fourth-order valence-corrected chi connectivity index (χ4v) is 1.89. The van der Waals surface area contributed by atoms with Crippen LogP contribution in [0.5, 0.6) is 5.75 Å². The summed E-state index contributed by atoms with van der Waals surface area (Å²) in [5, 5.41) is 3.37. The second-order valence-corrected chi connectivity index (χ2v) is 5.36. The smallest absolute Gasteiger partial charge is 0.165 e. The lowest BCUT2D eigenvalue weighted by Crippen LogP contribution is -2.20. The van der Waals surface area contributed by atoms with Gasteiger partial charge in [-0.1, -0.05) is 32.9 Å². The van der Waals surface area contributed by atoms with Gasteiger partial charge in [-0.2, -0.15) is 0 Å². The van der Waals surface area contributed by atoms with E-state index in [1.165, 1.54) is 6.07 Å². The predicted molar refractivity (Wildman–Crippen MR) is 78.1 cm³/mol. The van der Waals surface area contributed by atoms with E-state index >= 15 is 0 Å². The summed E-state index contributed by atoms with van der Waals surface area (Å²) < 4.78 is 19.6. The van der Waals surface area contributed by atoms with Crippen molar-refractivity contribution in [2.24, 2.45) is 5.92 Å². The lowest BCUT2D eigenvalue weighted by molar-refractivity contribution is 0.271. The molecule has 0 aliphatic rings. The lowest BCUT2D eigenvalue weighted by Gasteiger charge is -2.19. The molecule has 1 aromatic carbocycles. The molecule has 19 heavy (non-hydrogen) atoms. The van der Waals surface area contributed by atoms with Crippen LogP contribution in [-0.4, -0.2) is 13.2 Å². The first-order chi connectivity index (χ1) is 9.06. The molecular weight excluding hydrogens is 241 g/mol. The lowest BCUT2D eigenvalue weighted by atomic mass is 10.1. The molecule has 0 aliphatic heterocycles. The maximum absolute atomic E-state index is 13.9. The molecule has 0 aromatic heterocycles. The molecule has 0 bridgehead atoms. The van der Waals surface area contributed by atoms with Crippen LogP contribution in [0.1, 0.15) is 52.1 Å². The topological polar surface area (TPSA) is 21.3 Å². The first kappa shape index (κ1) is 16.0. The summed E-state index contributed by atoms with van der Waals surface area (Å²) in [6.07, 6.45) is 1.99. The zero-order chi connectivity index (χ0) is 14.3. The summed E-state index contributed by atoms with van der Waals surface area (Å²) in [7, 11) is 0. The van der Waals surface area contributed by atoms with Crippen molar-refractivity contribution in [2.75, 3.05) is 13.2 Å². The molecule has 108 valence electrons. The van der Waals surface area contributed by atoms with Crippen molar-refractivity contribution in [1.82, 2.24) is 5.32 Å². The maximum Gasteiger partial charge on any atom is 0.165 e. The summed E-state index contributed by atoms with van der Waals surface area (Å²) >= 11 is 0. The highest BCUT2D eigenvalue weighted by molar-refractivity contribution is 5.37. The molecule has 0 spiro atoms. The summed E-state index contributed by atoms with van der Waals surface area (Å²) in [6, 6.07) is 5.23. The van der Waals surface area contributed by atoms with E-state index in [-0.39, 0.29) is 11.9 Å². The van der Waals surface area contributed by atoms with Crippen molar-refractivity contribution in [2.45, 2.75) is 46.6 Å². The van der Waals surface area contributed by atoms with Gasteiger partial charge < -0.3 is 10.1 Å². The van der Waals surface area contributed by atoms with E-state index < -0.39 is 0 Å². The highest BCUT2D eigenvalue weighted by atomic mass is 19.1. The van der Waals surface area contributed by atoms with E-state index in [1.807, 2.05) is 13.0 Å². The third-order valence-corrected chi connectivity index (χ3v) is 3.11. The molecule has 1 rings (SSSR count). The zero-order valence-corrected chi connectivity index (χ0v) is 12.5. The van der Waals surface area contributed by atoms with Crippen molar-refractivity contribution in [3.05, 3.63) is 29.6 Å². The molecule has 1 aromatic rings. The van der Waals surface area contributed by atoms with E-state index in [9.17, 15) is 4.39 Å². The first-order valence-corrected chi connectivity index (χ1v) is 7.20. The van der Waals surface area contributed by atoms with Gasteiger partial charge in [-0.25, -0.2) is 4.39 Å². The summed E-state index contributed by atoms with van der Waals surface area (Å²) in [6.45, 7) is 9.91. The van der Waals surface area contributed by atoms with Gasteiger partial charge >= 0.3 is 0 Å². The summed E-state index contributed by atoms with van der Waals surface area (Å²) in [5.41, 5.74) is 0.900. The highest BCUT2D eigenvalue weighted by Crippen LogP contribution is 2.28. The minimum Gasteiger partial charge on any atom is -0.490 e.